The Morgan fingerprint density at radius 2 is 0.884 bits per heavy atom. The van der Waals surface area contributed by atoms with Crippen LogP contribution in [0.4, 0.5) is 52.7 Å². The number of nitrogens with zero attached hydrogens (tertiary/aromatic N) is 2. The van der Waals surface area contributed by atoms with E-state index in [0.717, 1.165) is 24.3 Å². The van der Waals surface area contributed by atoms with Gasteiger partial charge in [-0.1, -0.05) is 85.0 Å². The van der Waals surface area contributed by atoms with Crippen molar-refractivity contribution in [2.45, 2.75) is 62.2 Å². The predicted molar refractivity (Wildman–Crippen MR) is 235 cm³/mol. The van der Waals surface area contributed by atoms with Crippen LogP contribution < -0.4 is 0 Å². The van der Waals surface area contributed by atoms with Crippen LogP contribution in [-0.4, -0.2) is 46.5 Å². The summed E-state index contributed by atoms with van der Waals surface area (Å²) in [4.78, 5) is 31.0. The number of allylic oxidation sites excluding steroid dienone is 2. The maximum Gasteiger partial charge on any atom is 0.416 e. The first kappa shape index (κ1) is 52.7. The molecule has 2 unspecified atom stereocenters. The summed E-state index contributed by atoms with van der Waals surface area (Å²) in [6.07, 6.45) is -10.7. The Bertz CT molecular complexity index is 2660. The van der Waals surface area contributed by atoms with Crippen LogP contribution in [0.1, 0.15) is 91.6 Å². The molecule has 6 nitrogen and oxygen atoms in total. The number of ether oxygens (including phenoxy) is 1. The molecule has 0 aliphatic carbocycles. The van der Waals surface area contributed by atoms with E-state index >= 15 is 0 Å². The first-order valence-electron chi connectivity index (χ1n) is 20.7. The van der Waals surface area contributed by atoms with E-state index in [9.17, 15) is 62.3 Å². The number of esters is 1. The van der Waals surface area contributed by atoms with E-state index in [-0.39, 0.29) is 18.4 Å². The normalized spacial score (nSPS) is 13.2. The van der Waals surface area contributed by atoms with Crippen molar-refractivity contribution in [2.75, 3.05) is 7.11 Å². The van der Waals surface area contributed by atoms with Gasteiger partial charge in [-0.2, -0.15) is 52.7 Å². The molecule has 4 aromatic carbocycles. The van der Waals surface area contributed by atoms with Gasteiger partial charge in [0.15, 0.2) is 0 Å². The fourth-order valence-corrected chi connectivity index (χ4v) is 6.68. The summed E-state index contributed by atoms with van der Waals surface area (Å²) >= 11 is 0. The molecule has 2 aromatic heterocycles. The Kier molecular flexibility index (Phi) is 17.3. The summed E-state index contributed by atoms with van der Waals surface area (Å²) in [5.41, 5.74) is 2.91. The van der Waals surface area contributed by atoms with Gasteiger partial charge in [-0.05, 0) is 95.8 Å². The lowest BCUT2D eigenvalue weighted by atomic mass is 9.93. The van der Waals surface area contributed by atoms with Crippen molar-refractivity contribution in [3.63, 3.8) is 0 Å². The second-order valence-corrected chi connectivity index (χ2v) is 15.4. The number of halogens is 12. The van der Waals surface area contributed by atoms with Gasteiger partial charge in [0.2, 0.25) is 0 Å². The highest BCUT2D eigenvalue weighted by Gasteiger charge is 2.32. The third kappa shape index (κ3) is 16.5. The van der Waals surface area contributed by atoms with Crippen molar-refractivity contribution < 1.29 is 72.1 Å². The summed E-state index contributed by atoms with van der Waals surface area (Å²) in [6, 6.07) is 27.6. The number of hydrogen-bond donors (Lipinski definition) is 1. The quantitative estimate of drug-likeness (QED) is 0.0864. The molecule has 2 heterocycles. The lowest BCUT2D eigenvalue weighted by molar-refractivity contribution is -0.138. The van der Waals surface area contributed by atoms with Gasteiger partial charge in [-0.3, -0.25) is 9.97 Å². The second-order valence-electron chi connectivity index (χ2n) is 15.4. The largest absolute Gasteiger partial charge is 0.478 e. The minimum atomic E-state index is -4.46. The van der Waals surface area contributed by atoms with Gasteiger partial charge in [-0.15, -0.1) is 0 Å². The summed E-state index contributed by atoms with van der Waals surface area (Å²) in [5.74, 6) is -2.82. The van der Waals surface area contributed by atoms with Crippen LogP contribution in [-0.2, 0) is 17.1 Å². The molecule has 0 aliphatic heterocycles. The number of hydrogen-bond acceptors (Lipinski definition) is 5. The molecular weight excluding hydrogens is 933 g/mol. The number of rotatable bonds is 14. The average molecular weight is 973 g/mol. The van der Waals surface area contributed by atoms with E-state index < -0.39 is 72.4 Å². The van der Waals surface area contributed by atoms with Gasteiger partial charge in [0.05, 0.1) is 40.8 Å². The SMILES string of the molecule is COC(=O)c1ccc(C=CC(CCC(F)(F)F)c2ccc(-c3ccc(C(F)(F)F)cc3)nc2)cc1.O=C(O)c1ccc(C=CC(CCC(F)(F)F)c2ccc(-c3ccc(C(F)(F)F)cc3)nc2)cc1. The highest BCUT2D eigenvalue weighted by molar-refractivity contribution is 5.89. The zero-order valence-corrected chi connectivity index (χ0v) is 36.1. The minimum absolute atomic E-state index is 0.0915. The molecule has 0 bridgehead atoms. The van der Waals surface area contributed by atoms with Crippen LogP contribution in [0.25, 0.3) is 34.7 Å². The van der Waals surface area contributed by atoms with Crippen LogP contribution in [0.15, 0.2) is 146 Å². The molecule has 0 spiro atoms. The molecular formula is C51H40F12N2O4. The van der Waals surface area contributed by atoms with Gasteiger partial charge < -0.3 is 9.84 Å². The zero-order chi connectivity index (χ0) is 50.6. The molecule has 6 rings (SSSR count). The van der Waals surface area contributed by atoms with E-state index in [4.69, 9.17) is 5.11 Å². The summed E-state index contributed by atoms with van der Waals surface area (Å²) in [6.45, 7) is 0. The number of aromatic nitrogens is 2. The van der Waals surface area contributed by atoms with Gasteiger partial charge in [0.1, 0.15) is 0 Å². The number of aromatic carboxylic acids is 1. The van der Waals surface area contributed by atoms with Gasteiger partial charge >= 0.3 is 36.6 Å². The van der Waals surface area contributed by atoms with Crippen LogP contribution in [0.2, 0.25) is 0 Å². The van der Waals surface area contributed by atoms with Crippen molar-refractivity contribution in [2.24, 2.45) is 0 Å². The zero-order valence-electron chi connectivity index (χ0n) is 36.1. The highest BCUT2D eigenvalue weighted by atomic mass is 19.4. The molecule has 0 radical (unpaired) electrons. The molecule has 0 fully saturated rings. The Labute approximate surface area is 387 Å². The van der Waals surface area contributed by atoms with E-state index in [0.29, 0.717) is 50.3 Å². The topological polar surface area (TPSA) is 89.4 Å². The van der Waals surface area contributed by atoms with Crippen LogP contribution in [0.3, 0.4) is 0 Å². The fourth-order valence-electron chi connectivity index (χ4n) is 6.68. The number of pyridine rings is 2. The molecule has 6 aromatic rings. The van der Waals surface area contributed by atoms with E-state index in [1.54, 1.807) is 85.0 Å². The molecule has 18 heteroatoms. The number of alkyl halides is 12. The third-order valence-electron chi connectivity index (χ3n) is 10.5. The molecule has 362 valence electrons. The van der Waals surface area contributed by atoms with Crippen LogP contribution in [0.5, 0.6) is 0 Å². The standard InChI is InChI=1S/C26H21F6NO2.C25H19F6NO2/c1-35-24(34)20-6-3-17(4-7-20)2-5-18(14-15-25(27,28)29)21-10-13-23(33-16-21)19-8-11-22(12-9-19)26(30,31)32;26-24(27,28)14-13-17(4-1-16-2-5-19(6-3-16)23(33)34)20-9-12-22(32-15-20)18-7-10-21(11-8-18)25(29,30)31/h2-13,16,18H,14-15H2,1H3;1-12,15,17H,13-14H2,(H,33,34). The maximum absolute atomic E-state index is 12.9. The molecule has 0 saturated carbocycles. The molecule has 2 atom stereocenters. The summed E-state index contributed by atoms with van der Waals surface area (Å²) in [5, 5.41) is 8.96. The third-order valence-corrected chi connectivity index (χ3v) is 10.5. The molecule has 69 heavy (non-hydrogen) atoms. The van der Waals surface area contributed by atoms with Crippen molar-refractivity contribution in [1.82, 2.24) is 9.97 Å². The lowest BCUT2D eigenvalue weighted by Crippen LogP contribution is -2.09. The van der Waals surface area contributed by atoms with Crippen molar-refractivity contribution in [3.8, 4) is 22.5 Å². The number of carbonyl (C=O) groups excluding carboxylic acids is 1. The van der Waals surface area contributed by atoms with Gasteiger partial charge in [0, 0.05) is 48.2 Å². The first-order valence-corrected chi connectivity index (χ1v) is 20.7. The summed E-state index contributed by atoms with van der Waals surface area (Å²) in [7, 11) is 1.26. The van der Waals surface area contributed by atoms with Gasteiger partial charge in [0.25, 0.3) is 0 Å². The number of carboxylic acids is 1. The molecule has 0 amide bonds. The lowest BCUT2D eigenvalue weighted by Gasteiger charge is -2.15. The molecule has 0 saturated heterocycles. The van der Waals surface area contributed by atoms with E-state index in [2.05, 4.69) is 14.7 Å². The fraction of sp³-hybridized carbons (Fsp3) is 0.216. The first-order chi connectivity index (χ1) is 32.4. The highest BCUT2D eigenvalue weighted by Crippen LogP contribution is 2.35. The van der Waals surface area contributed by atoms with E-state index in [1.165, 1.54) is 55.9 Å². The van der Waals surface area contributed by atoms with Crippen molar-refractivity contribution in [1.29, 1.82) is 0 Å². The molecule has 1 N–H and O–H groups in total. The number of carboxylic acid groups (broad SMARTS) is 1. The minimum Gasteiger partial charge on any atom is -0.478 e. The maximum atomic E-state index is 12.9. The Morgan fingerprint density at radius 1 is 0.522 bits per heavy atom. The monoisotopic (exact) mass is 972 g/mol. The van der Waals surface area contributed by atoms with E-state index in [1.807, 2.05) is 0 Å². The van der Waals surface area contributed by atoms with Crippen LogP contribution >= 0.6 is 0 Å². The average Bonchev–Trinajstić information content (AvgIpc) is 3.31. The Balaban J connectivity index is 0.000000258. The van der Waals surface area contributed by atoms with Crippen molar-refractivity contribution in [3.05, 3.63) is 190 Å². The second kappa shape index (κ2) is 22.7. The summed E-state index contributed by atoms with van der Waals surface area (Å²) < 4.78 is 158. The smallest absolute Gasteiger partial charge is 0.416 e. The number of methoxy groups -OCH3 is 1. The Hall–Kier alpha value is -7.24. The number of benzene rings is 4. The Morgan fingerprint density at radius 3 is 1.17 bits per heavy atom. The molecule has 0 aliphatic rings. The van der Waals surface area contributed by atoms with Crippen LogP contribution in [0, 0.1) is 0 Å². The van der Waals surface area contributed by atoms with Gasteiger partial charge in [-0.25, -0.2) is 9.59 Å². The van der Waals surface area contributed by atoms with Crippen molar-refractivity contribution >= 4 is 24.1 Å². The predicted octanol–water partition coefficient (Wildman–Crippen LogP) is 15.3. The number of carbonyl (C=O) groups is 2.